The molecule has 0 aliphatic carbocycles. The molecule has 0 fully saturated rings. The van der Waals surface area contributed by atoms with Gasteiger partial charge in [-0.15, -0.1) is 15.3 Å². The average molecular weight is 384 g/mol. The topological polar surface area (TPSA) is 103 Å². The van der Waals surface area contributed by atoms with Gasteiger partial charge in [0.05, 0.1) is 30.1 Å². The normalized spacial score (nSPS) is 11.3. The van der Waals surface area contributed by atoms with Gasteiger partial charge in [0.15, 0.2) is 0 Å². The summed E-state index contributed by atoms with van der Waals surface area (Å²) in [4.78, 5) is 4.28. The minimum Gasteiger partial charge on any atom is -0.415 e. The van der Waals surface area contributed by atoms with Crippen molar-refractivity contribution in [2.75, 3.05) is 0 Å². The Morgan fingerprint density at radius 2 is 1.82 bits per heavy atom. The van der Waals surface area contributed by atoms with Crippen LogP contribution in [0.4, 0.5) is 8.78 Å². The molecule has 4 aromatic rings. The maximum absolute atomic E-state index is 12.6. The lowest BCUT2D eigenvalue weighted by molar-refractivity contribution is 0.116. The lowest BCUT2D eigenvalue weighted by atomic mass is 10.1. The summed E-state index contributed by atoms with van der Waals surface area (Å²) >= 11 is 0. The molecule has 142 valence electrons. The number of halogens is 2. The van der Waals surface area contributed by atoms with Gasteiger partial charge in [-0.25, -0.2) is 4.68 Å². The van der Waals surface area contributed by atoms with Crippen LogP contribution in [0.1, 0.15) is 23.7 Å². The van der Waals surface area contributed by atoms with E-state index in [2.05, 4.69) is 25.5 Å². The van der Waals surface area contributed by atoms with E-state index in [9.17, 15) is 13.9 Å². The predicted molar refractivity (Wildman–Crippen MR) is 93.0 cm³/mol. The number of nitrogens with zero attached hydrogens (tertiary/aromatic N) is 6. The number of hydrogen-bond donors (Lipinski definition) is 1. The molecule has 0 radical (unpaired) electrons. The zero-order valence-corrected chi connectivity index (χ0v) is 14.4. The van der Waals surface area contributed by atoms with Gasteiger partial charge in [0.25, 0.3) is 5.89 Å². The van der Waals surface area contributed by atoms with E-state index in [1.807, 2.05) is 30.3 Å². The van der Waals surface area contributed by atoms with Crippen LogP contribution in [0.5, 0.6) is 0 Å². The van der Waals surface area contributed by atoms with Crippen LogP contribution >= 0.6 is 0 Å². The standard InChI is InChI=1S/C18H14F2N6O2/c19-16(20)18-24-23-17(28-18)12-6-7-13(21-8-12)9-26-14(10-27)15(22-25-26)11-4-2-1-3-5-11/h1-8,16,27H,9-10H2. The first-order valence-electron chi connectivity index (χ1n) is 8.31. The highest BCUT2D eigenvalue weighted by molar-refractivity contribution is 5.61. The average Bonchev–Trinajstić information content (AvgIpc) is 3.37. The fraction of sp³-hybridized carbons (Fsp3) is 0.167. The Balaban J connectivity index is 1.55. The molecule has 8 nitrogen and oxygen atoms in total. The highest BCUT2D eigenvalue weighted by Gasteiger charge is 2.18. The first-order valence-corrected chi connectivity index (χ1v) is 8.31. The Bertz CT molecular complexity index is 1060. The second kappa shape index (κ2) is 7.61. The molecule has 0 saturated heterocycles. The molecular formula is C18H14F2N6O2. The summed E-state index contributed by atoms with van der Waals surface area (Å²) < 4.78 is 31.6. The van der Waals surface area contributed by atoms with E-state index >= 15 is 0 Å². The van der Waals surface area contributed by atoms with Crippen LogP contribution in [0.15, 0.2) is 53.1 Å². The van der Waals surface area contributed by atoms with Crippen LogP contribution in [-0.4, -0.2) is 35.3 Å². The lowest BCUT2D eigenvalue weighted by Gasteiger charge is -2.06. The smallest absolute Gasteiger partial charge is 0.314 e. The summed E-state index contributed by atoms with van der Waals surface area (Å²) in [6.07, 6.45) is -1.37. The summed E-state index contributed by atoms with van der Waals surface area (Å²) in [5.74, 6) is -0.764. The van der Waals surface area contributed by atoms with E-state index in [0.717, 1.165) is 5.56 Å². The number of aliphatic hydroxyl groups is 1. The van der Waals surface area contributed by atoms with Gasteiger partial charge in [-0.1, -0.05) is 35.5 Å². The van der Waals surface area contributed by atoms with Gasteiger partial charge < -0.3 is 9.52 Å². The summed E-state index contributed by atoms with van der Waals surface area (Å²) in [6.45, 7) is 0.0514. The molecule has 0 saturated carbocycles. The molecule has 0 bridgehead atoms. The largest absolute Gasteiger partial charge is 0.415 e. The highest BCUT2D eigenvalue weighted by Crippen LogP contribution is 2.24. The quantitative estimate of drug-likeness (QED) is 0.545. The first kappa shape index (κ1) is 17.9. The van der Waals surface area contributed by atoms with Gasteiger partial charge in [-0.2, -0.15) is 8.78 Å². The van der Waals surface area contributed by atoms with Crippen molar-refractivity contribution in [3.05, 3.63) is 65.9 Å². The van der Waals surface area contributed by atoms with Crippen molar-refractivity contribution in [1.82, 2.24) is 30.2 Å². The van der Waals surface area contributed by atoms with E-state index in [0.29, 0.717) is 22.6 Å². The molecule has 0 aliphatic heterocycles. The van der Waals surface area contributed by atoms with E-state index in [-0.39, 0.29) is 19.0 Å². The zero-order valence-electron chi connectivity index (χ0n) is 14.4. The van der Waals surface area contributed by atoms with Gasteiger partial charge in [-0.3, -0.25) is 4.98 Å². The maximum atomic E-state index is 12.6. The minimum absolute atomic E-state index is 0.0301. The van der Waals surface area contributed by atoms with Gasteiger partial charge in [0.1, 0.15) is 5.69 Å². The van der Waals surface area contributed by atoms with Crippen molar-refractivity contribution in [2.24, 2.45) is 0 Å². The van der Waals surface area contributed by atoms with Crippen molar-refractivity contribution in [2.45, 2.75) is 19.6 Å². The molecule has 0 unspecified atom stereocenters. The molecule has 0 aliphatic rings. The summed E-state index contributed by atoms with van der Waals surface area (Å²) in [5.41, 5.74) is 3.08. The van der Waals surface area contributed by atoms with Crippen molar-refractivity contribution in [3.63, 3.8) is 0 Å². The van der Waals surface area contributed by atoms with Crippen LogP contribution in [0.25, 0.3) is 22.7 Å². The fourth-order valence-corrected chi connectivity index (χ4v) is 2.67. The first-order chi connectivity index (χ1) is 13.7. The minimum atomic E-state index is -2.82. The van der Waals surface area contributed by atoms with Gasteiger partial charge >= 0.3 is 6.43 Å². The van der Waals surface area contributed by atoms with E-state index in [4.69, 9.17) is 4.42 Å². The molecule has 3 heterocycles. The molecule has 0 spiro atoms. The summed E-state index contributed by atoms with van der Waals surface area (Å²) in [7, 11) is 0. The van der Waals surface area contributed by atoms with Crippen LogP contribution in [-0.2, 0) is 13.2 Å². The Labute approximate surface area is 157 Å². The third kappa shape index (κ3) is 3.49. The van der Waals surface area contributed by atoms with Crippen molar-refractivity contribution in [3.8, 4) is 22.7 Å². The second-order valence-corrected chi connectivity index (χ2v) is 5.85. The van der Waals surface area contributed by atoms with Crippen molar-refractivity contribution < 1.29 is 18.3 Å². The molecule has 10 heteroatoms. The Hall–Kier alpha value is -3.53. The molecule has 4 rings (SSSR count). The molecule has 0 atom stereocenters. The van der Waals surface area contributed by atoms with E-state index in [1.165, 1.54) is 6.20 Å². The van der Waals surface area contributed by atoms with Crippen molar-refractivity contribution >= 4 is 0 Å². The number of aromatic nitrogens is 6. The third-order valence-corrected chi connectivity index (χ3v) is 4.05. The Morgan fingerprint density at radius 3 is 2.46 bits per heavy atom. The van der Waals surface area contributed by atoms with Gasteiger partial charge in [0.2, 0.25) is 5.89 Å². The Kier molecular flexibility index (Phi) is 4.85. The summed E-state index contributed by atoms with van der Waals surface area (Å²) in [5, 5.41) is 24.9. The molecule has 28 heavy (non-hydrogen) atoms. The summed E-state index contributed by atoms with van der Waals surface area (Å²) in [6, 6.07) is 12.8. The monoisotopic (exact) mass is 384 g/mol. The number of pyridine rings is 1. The second-order valence-electron chi connectivity index (χ2n) is 5.85. The molecule has 0 amide bonds. The number of alkyl halides is 2. The molecule has 1 aromatic carbocycles. The number of hydrogen-bond acceptors (Lipinski definition) is 7. The van der Waals surface area contributed by atoms with Gasteiger partial charge in [-0.05, 0) is 12.1 Å². The molecule has 3 aromatic heterocycles. The number of benzene rings is 1. The predicted octanol–water partition coefficient (Wildman–Crippen LogP) is 2.87. The van der Waals surface area contributed by atoms with Crippen LogP contribution in [0.3, 0.4) is 0 Å². The number of aliphatic hydroxyl groups excluding tert-OH is 1. The Morgan fingerprint density at radius 1 is 1.00 bits per heavy atom. The van der Waals surface area contributed by atoms with Crippen molar-refractivity contribution in [1.29, 1.82) is 0 Å². The SMILES string of the molecule is OCc1c(-c2ccccc2)nnn1Cc1ccc(-c2nnc(C(F)F)o2)cn1. The maximum Gasteiger partial charge on any atom is 0.314 e. The molecular weight excluding hydrogens is 370 g/mol. The third-order valence-electron chi connectivity index (χ3n) is 4.05. The lowest BCUT2D eigenvalue weighted by Crippen LogP contribution is -2.08. The van der Waals surface area contributed by atoms with E-state index < -0.39 is 12.3 Å². The zero-order chi connectivity index (χ0) is 19.5. The van der Waals surface area contributed by atoms with Crippen LogP contribution < -0.4 is 0 Å². The van der Waals surface area contributed by atoms with Crippen LogP contribution in [0, 0.1) is 0 Å². The molecule has 1 N–H and O–H groups in total. The highest BCUT2D eigenvalue weighted by atomic mass is 19.3. The fourth-order valence-electron chi connectivity index (χ4n) is 2.67. The van der Waals surface area contributed by atoms with Gasteiger partial charge in [0, 0.05) is 11.8 Å². The van der Waals surface area contributed by atoms with E-state index in [1.54, 1.807) is 16.8 Å². The number of rotatable bonds is 6. The van der Waals surface area contributed by atoms with Crippen LogP contribution in [0.2, 0.25) is 0 Å².